The number of nitrogens with one attached hydrogen (secondary N) is 2. The van der Waals surface area contributed by atoms with Crippen LogP contribution < -0.4 is 10.6 Å². The molecule has 2 N–H and O–H groups in total. The van der Waals surface area contributed by atoms with Gasteiger partial charge in [0.1, 0.15) is 12.1 Å². The number of fused-ring (bicyclic) bond motifs is 1. The van der Waals surface area contributed by atoms with Crippen molar-refractivity contribution < 1.29 is 14.4 Å². The molecule has 25 heavy (non-hydrogen) atoms. The molecule has 1 aromatic carbocycles. The van der Waals surface area contributed by atoms with Crippen LogP contribution in [0, 0.1) is 0 Å². The summed E-state index contributed by atoms with van der Waals surface area (Å²) < 4.78 is 0. The van der Waals surface area contributed by atoms with Crippen molar-refractivity contribution in [1.82, 2.24) is 15.5 Å². The fourth-order valence-electron chi connectivity index (χ4n) is 4.26. The summed E-state index contributed by atoms with van der Waals surface area (Å²) in [5, 5.41) is 6.43. The maximum atomic E-state index is 12.6. The zero-order valence-electron chi connectivity index (χ0n) is 13.8. The lowest BCUT2D eigenvalue weighted by Crippen LogP contribution is -2.45. The van der Waals surface area contributed by atoms with Crippen LogP contribution in [0.3, 0.4) is 0 Å². The summed E-state index contributed by atoms with van der Waals surface area (Å²) in [6.45, 7) is -0.230. The molecule has 6 nitrogen and oxygen atoms in total. The molecule has 4 amide bonds. The molecule has 1 spiro atoms. The van der Waals surface area contributed by atoms with Crippen LogP contribution in [0.4, 0.5) is 4.79 Å². The molecule has 1 heterocycles. The van der Waals surface area contributed by atoms with Gasteiger partial charge in [-0.3, -0.25) is 14.5 Å². The number of urea groups is 1. The van der Waals surface area contributed by atoms with Crippen LogP contribution in [-0.2, 0) is 16.0 Å². The summed E-state index contributed by atoms with van der Waals surface area (Å²) in [6, 6.07) is 5.11. The van der Waals surface area contributed by atoms with Gasteiger partial charge in [-0.2, -0.15) is 0 Å². The second-order valence-electron chi connectivity index (χ2n) is 7.11. The van der Waals surface area contributed by atoms with Crippen molar-refractivity contribution in [3.63, 3.8) is 0 Å². The maximum Gasteiger partial charge on any atom is 0.325 e. The smallest absolute Gasteiger partial charge is 0.325 e. The quantitative estimate of drug-likeness (QED) is 0.811. The van der Waals surface area contributed by atoms with E-state index in [4.69, 9.17) is 11.6 Å². The van der Waals surface area contributed by atoms with Gasteiger partial charge in [-0.15, -0.1) is 0 Å². The van der Waals surface area contributed by atoms with Crippen LogP contribution in [0.15, 0.2) is 18.2 Å². The number of benzene rings is 1. The number of nitrogens with zero attached hydrogens (tertiary/aromatic N) is 1. The van der Waals surface area contributed by atoms with Gasteiger partial charge >= 0.3 is 6.03 Å². The third kappa shape index (κ3) is 2.78. The number of carbonyl (C=O) groups is 3. The highest BCUT2D eigenvalue weighted by molar-refractivity contribution is 6.30. The average Bonchev–Trinajstić information content (AvgIpc) is 3.24. The Morgan fingerprint density at radius 2 is 2.08 bits per heavy atom. The van der Waals surface area contributed by atoms with Gasteiger partial charge < -0.3 is 10.6 Å². The number of imide groups is 1. The van der Waals surface area contributed by atoms with Crippen molar-refractivity contribution in [2.24, 2.45) is 0 Å². The number of aryl methyl sites for hydroxylation is 1. The highest BCUT2D eigenvalue weighted by Crippen LogP contribution is 2.35. The van der Waals surface area contributed by atoms with E-state index in [9.17, 15) is 14.4 Å². The maximum absolute atomic E-state index is 12.6. The fourth-order valence-corrected chi connectivity index (χ4v) is 4.45. The summed E-state index contributed by atoms with van der Waals surface area (Å²) in [6.07, 6.45) is 4.82. The Hall–Kier alpha value is -2.08. The Kier molecular flexibility index (Phi) is 3.95. The molecule has 132 valence electrons. The minimum Gasteiger partial charge on any atom is -0.348 e. The summed E-state index contributed by atoms with van der Waals surface area (Å²) >= 11 is 6.01. The van der Waals surface area contributed by atoms with Crippen molar-refractivity contribution in [2.75, 3.05) is 6.54 Å². The van der Waals surface area contributed by atoms with Gasteiger partial charge in [0.15, 0.2) is 0 Å². The zero-order valence-corrected chi connectivity index (χ0v) is 14.6. The van der Waals surface area contributed by atoms with E-state index in [0.29, 0.717) is 17.9 Å². The van der Waals surface area contributed by atoms with Gasteiger partial charge in [0, 0.05) is 5.02 Å². The lowest BCUT2D eigenvalue weighted by Gasteiger charge is -2.20. The molecule has 0 radical (unpaired) electrons. The van der Waals surface area contributed by atoms with E-state index in [1.165, 1.54) is 0 Å². The van der Waals surface area contributed by atoms with Gasteiger partial charge in [-0.25, -0.2) is 4.79 Å². The Morgan fingerprint density at radius 1 is 1.32 bits per heavy atom. The molecule has 1 aromatic rings. The molecule has 2 aliphatic carbocycles. The van der Waals surface area contributed by atoms with E-state index in [0.717, 1.165) is 41.7 Å². The molecule has 1 saturated carbocycles. The third-order valence-electron chi connectivity index (χ3n) is 5.52. The van der Waals surface area contributed by atoms with Crippen molar-refractivity contribution >= 4 is 29.4 Å². The number of halogens is 1. The lowest BCUT2D eigenvalue weighted by molar-refractivity contribution is -0.135. The van der Waals surface area contributed by atoms with Crippen LogP contribution >= 0.6 is 11.6 Å². The summed E-state index contributed by atoms with van der Waals surface area (Å²) in [5.41, 5.74) is 1.42. The van der Waals surface area contributed by atoms with E-state index < -0.39 is 11.6 Å². The normalized spacial score (nSPS) is 23.9. The SMILES string of the molecule is O=C(CN1C(=O)NC2(CCCC2)C1=O)NC1CCc2cc(Cl)ccc21. The highest BCUT2D eigenvalue weighted by Gasteiger charge is 2.52. The molecule has 1 aliphatic heterocycles. The van der Waals surface area contributed by atoms with Crippen LogP contribution in [0.1, 0.15) is 49.3 Å². The zero-order chi connectivity index (χ0) is 17.6. The molecular formula is C18H20ClN3O3. The number of rotatable bonds is 3. The molecule has 1 atom stereocenters. The minimum atomic E-state index is -0.770. The largest absolute Gasteiger partial charge is 0.348 e. The molecule has 2 fully saturated rings. The lowest BCUT2D eigenvalue weighted by atomic mass is 9.98. The van der Waals surface area contributed by atoms with Gasteiger partial charge in [0.05, 0.1) is 6.04 Å². The first kappa shape index (κ1) is 16.4. The second-order valence-corrected chi connectivity index (χ2v) is 7.55. The van der Waals surface area contributed by atoms with Gasteiger partial charge in [-0.1, -0.05) is 30.5 Å². The standard InChI is InChI=1S/C18H20ClN3O3/c19-12-4-5-13-11(9-12)3-6-14(13)20-15(23)10-22-16(24)18(21-17(22)25)7-1-2-8-18/h4-5,9,14H,1-3,6-8,10H2,(H,20,23)(H,21,25). The molecule has 7 heteroatoms. The first-order chi connectivity index (χ1) is 12.0. The fraction of sp³-hybridized carbons (Fsp3) is 0.500. The minimum absolute atomic E-state index is 0.0963. The van der Waals surface area contributed by atoms with E-state index in [-0.39, 0.29) is 24.4 Å². The summed E-state index contributed by atoms with van der Waals surface area (Å²) in [4.78, 5) is 38.2. The first-order valence-electron chi connectivity index (χ1n) is 8.70. The molecule has 4 rings (SSSR count). The predicted molar refractivity (Wildman–Crippen MR) is 92.1 cm³/mol. The van der Waals surface area contributed by atoms with Gasteiger partial charge in [-0.05, 0) is 48.9 Å². The van der Waals surface area contributed by atoms with Crippen LogP contribution in [0.25, 0.3) is 0 Å². The molecule has 3 aliphatic rings. The van der Waals surface area contributed by atoms with Crippen molar-refractivity contribution in [1.29, 1.82) is 0 Å². The number of carbonyl (C=O) groups excluding carboxylic acids is 3. The molecular weight excluding hydrogens is 342 g/mol. The van der Waals surface area contributed by atoms with E-state index in [1.807, 2.05) is 18.2 Å². The predicted octanol–water partition coefficient (Wildman–Crippen LogP) is 2.31. The number of hydrogen-bond donors (Lipinski definition) is 2. The van der Waals surface area contributed by atoms with Crippen LogP contribution in [0.5, 0.6) is 0 Å². The van der Waals surface area contributed by atoms with E-state index in [2.05, 4.69) is 10.6 Å². The Labute approximate surface area is 150 Å². The third-order valence-corrected chi connectivity index (χ3v) is 5.76. The summed E-state index contributed by atoms with van der Waals surface area (Å²) in [7, 11) is 0. The Balaban J connectivity index is 1.42. The molecule has 0 aromatic heterocycles. The van der Waals surface area contributed by atoms with Crippen molar-refractivity contribution in [3.8, 4) is 0 Å². The van der Waals surface area contributed by atoms with Crippen LogP contribution in [0.2, 0.25) is 5.02 Å². The first-order valence-corrected chi connectivity index (χ1v) is 9.08. The van der Waals surface area contributed by atoms with Gasteiger partial charge in [0.25, 0.3) is 5.91 Å². The van der Waals surface area contributed by atoms with E-state index in [1.54, 1.807) is 0 Å². The highest BCUT2D eigenvalue weighted by atomic mass is 35.5. The van der Waals surface area contributed by atoms with E-state index >= 15 is 0 Å². The molecule has 0 bridgehead atoms. The van der Waals surface area contributed by atoms with Crippen molar-refractivity contribution in [3.05, 3.63) is 34.3 Å². The second kappa shape index (κ2) is 6.02. The number of hydrogen-bond acceptors (Lipinski definition) is 3. The topological polar surface area (TPSA) is 78.5 Å². The number of amides is 4. The molecule has 1 saturated heterocycles. The summed E-state index contributed by atoms with van der Waals surface area (Å²) in [5.74, 6) is -0.574. The molecule has 1 unspecified atom stereocenters. The van der Waals surface area contributed by atoms with Crippen molar-refractivity contribution in [2.45, 2.75) is 50.1 Å². The monoisotopic (exact) mass is 361 g/mol. The van der Waals surface area contributed by atoms with Gasteiger partial charge in [0.2, 0.25) is 5.91 Å². The average molecular weight is 362 g/mol. The Morgan fingerprint density at radius 3 is 2.84 bits per heavy atom. The van der Waals surface area contributed by atoms with Crippen LogP contribution in [-0.4, -0.2) is 34.8 Å². The Bertz CT molecular complexity index is 758.